The average molecular weight is 410 g/mol. The number of hydrogen-bond donors (Lipinski definition) is 1. The summed E-state index contributed by atoms with van der Waals surface area (Å²) in [7, 11) is -3.76. The lowest BCUT2D eigenvalue weighted by Gasteiger charge is -2.21. The van der Waals surface area contributed by atoms with Crippen molar-refractivity contribution in [3.05, 3.63) is 60.2 Å². The lowest BCUT2D eigenvalue weighted by molar-refractivity contribution is -0.119. The average Bonchev–Trinajstić information content (AvgIpc) is 2.95. The molecular formula is C21H18N2O5S. The molecule has 3 aromatic carbocycles. The standard InChI is InChI=1S/C21H18N2O5S/c24-19(22-12-15-6-2-8-17-21(15)28-11-10-27-17)13-23-16-7-1-4-14-5-3-9-18(20(14)16)29(23,25)26/h1-9H,10-13H2,(H,22,24). The summed E-state index contributed by atoms with van der Waals surface area (Å²) < 4.78 is 38.3. The molecule has 3 aromatic rings. The van der Waals surface area contributed by atoms with Crippen molar-refractivity contribution in [3.63, 3.8) is 0 Å². The van der Waals surface area contributed by atoms with Crippen LogP contribution in [0.25, 0.3) is 10.8 Å². The van der Waals surface area contributed by atoms with Crippen molar-refractivity contribution >= 4 is 32.4 Å². The van der Waals surface area contributed by atoms with Crippen LogP contribution in [0, 0.1) is 0 Å². The zero-order chi connectivity index (χ0) is 20.0. The van der Waals surface area contributed by atoms with Gasteiger partial charge in [-0.05, 0) is 23.6 Å². The molecule has 1 amide bonds. The number of nitrogens with one attached hydrogen (secondary N) is 1. The molecule has 2 aliphatic rings. The highest BCUT2D eigenvalue weighted by atomic mass is 32.2. The van der Waals surface area contributed by atoms with Crippen LogP contribution in [0.2, 0.25) is 0 Å². The number of ether oxygens (including phenoxy) is 2. The molecule has 8 heteroatoms. The minimum atomic E-state index is -3.76. The number of benzene rings is 3. The first kappa shape index (κ1) is 17.8. The first-order valence-electron chi connectivity index (χ1n) is 9.24. The zero-order valence-corrected chi connectivity index (χ0v) is 16.2. The smallest absolute Gasteiger partial charge is 0.265 e. The quantitative estimate of drug-likeness (QED) is 0.714. The lowest BCUT2D eigenvalue weighted by atomic mass is 10.1. The highest BCUT2D eigenvalue weighted by molar-refractivity contribution is 7.93. The van der Waals surface area contributed by atoms with E-state index in [-0.39, 0.29) is 18.0 Å². The van der Waals surface area contributed by atoms with Crippen LogP contribution in [-0.2, 0) is 21.4 Å². The van der Waals surface area contributed by atoms with Crippen molar-refractivity contribution in [1.29, 1.82) is 0 Å². The van der Waals surface area contributed by atoms with E-state index in [0.717, 1.165) is 10.9 Å². The third kappa shape index (κ3) is 2.87. The Bertz CT molecular complexity index is 1230. The summed E-state index contributed by atoms with van der Waals surface area (Å²) >= 11 is 0. The molecule has 0 saturated heterocycles. The molecule has 29 heavy (non-hydrogen) atoms. The summed E-state index contributed by atoms with van der Waals surface area (Å²) in [4.78, 5) is 12.8. The molecule has 0 bridgehead atoms. The Hall–Kier alpha value is -3.26. The first-order valence-corrected chi connectivity index (χ1v) is 10.7. The van der Waals surface area contributed by atoms with E-state index in [0.29, 0.717) is 35.8 Å². The SMILES string of the molecule is O=C(CN1c2cccc3cccc(c23)S1(=O)=O)NCc1cccc2c1OCCO2. The summed E-state index contributed by atoms with van der Waals surface area (Å²) in [5.74, 6) is 0.866. The molecule has 148 valence electrons. The Kier molecular flexibility index (Phi) is 4.09. The van der Waals surface area contributed by atoms with E-state index in [1.165, 1.54) is 4.31 Å². The van der Waals surface area contributed by atoms with Crippen molar-refractivity contribution in [3.8, 4) is 11.5 Å². The van der Waals surface area contributed by atoms with Gasteiger partial charge in [0.05, 0.1) is 10.6 Å². The number of carbonyl (C=O) groups is 1. The topological polar surface area (TPSA) is 84.9 Å². The zero-order valence-electron chi connectivity index (χ0n) is 15.4. The molecule has 0 radical (unpaired) electrons. The second kappa shape index (κ2) is 6.66. The Morgan fingerprint density at radius 3 is 2.62 bits per heavy atom. The van der Waals surface area contributed by atoms with Crippen molar-refractivity contribution in [1.82, 2.24) is 5.32 Å². The first-order chi connectivity index (χ1) is 14.1. The summed E-state index contributed by atoms with van der Waals surface area (Å²) in [6.45, 7) is 0.868. The van der Waals surface area contributed by atoms with Crippen LogP contribution in [0.3, 0.4) is 0 Å². The van der Waals surface area contributed by atoms with E-state index in [1.54, 1.807) is 24.3 Å². The lowest BCUT2D eigenvalue weighted by Crippen LogP contribution is -2.38. The normalized spacial score (nSPS) is 16.1. The van der Waals surface area contributed by atoms with Gasteiger partial charge in [0.25, 0.3) is 10.0 Å². The number of nitrogens with zero attached hydrogens (tertiary/aromatic N) is 1. The van der Waals surface area contributed by atoms with Gasteiger partial charge < -0.3 is 14.8 Å². The van der Waals surface area contributed by atoms with Crippen molar-refractivity contribution < 1.29 is 22.7 Å². The van der Waals surface area contributed by atoms with Gasteiger partial charge in [-0.2, -0.15) is 0 Å². The molecule has 0 atom stereocenters. The van der Waals surface area contributed by atoms with E-state index in [2.05, 4.69) is 5.32 Å². The Morgan fingerprint density at radius 1 is 1.00 bits per heavy atom. The van der Waals surface area contributed by atoms with Gasteiger partial charge >= 0.3 is 0 Å². The van der Waals surface area contributed by atoms with E-state index in [1.807, 2.05) is 30.3 Å². The van der Waals surface area contributed by atoms with Crippen LogP contribution < -0.4 is 19.1 Å². The molecule has 0 fully saturated rings. The fourth-order valence-electron chi connectivity index (χ4n) is 3.78. The largest absolute Gasteiger partial charge is 0.486 e. The van der Waals surface area contributed by atoms with Crippen molar-refractivity contribution in [2.45, 2.75) is 11.4 Å². The summed E-state index contributed by atoms with van der Waals surface area (Å²) in [5.41, 5.74) is 1.31. The number of para-hydroxylation sites is 1. The third-order valence-corrected chi connectivity index (χ3v) is 6.89. The van der Waals surface area contributed by atoms with E-state index >= 15 is 0 Å². The Morgan fingerprint density at radius 2 is 1.76 bits per heavy atom. The Balaban J connectivity index is 1.37. The summed E-state index contributed by atoms with van der Waals surface area (Å²) in [6, 6.07) is 16.0. The van der Waals surface area contributed by atoms with Gasteiger partial charge in [0.15, 0.2) is 11.5 Å². The van der Waals surface area contributed by atoms with Gasteiger partial charge in [0.1, 0.15) is 19.8 Å². The predicted octanol–water partition coefficient (Wildman–Crippen LogP) is 2.44. The maximum absolute atomic E-state index is 13.0. The predicted molar refractivity (Wildman–Crippen MR) is 108 cm³/mol. The third-order valence-electron chi connectivity index (χ3n) is 5.09. The molecule has 1 N–H and O–H groups in total. The van der Waals surface area contributed by atoms with E-state index in [4.69, 9.17) is 9.47 Å². The van der Waals surface area contributed by atoms with Crippen LogP contribution in [0.1, 0.15) is 5.56 Å². The molecule has 0 aliphatic carbocycles. The molecule has 7 nitrogen and oxygen atoms in total. The van der Waals surface area contributed by atoms with Crippen LogP contribution in [0.15, 0.2) is 59.5 Å². The molecule has 5 rings (SSSR count). The van der Waals surface area contributed by atoms with Crippen LogP contribution >= 0.6 is 0 Å². The van der Waals surface area contributed by atoms with Crippen LogP contribution in [0.5, 0.6) is 11.5 Å². The fourth-order valence-corrected chi connectivity index (χ4v) is 5.45. The van der Waals surface area contributed by atoms with E-state index < -0.39 is 15.9 Å². The summed E-state index contributed by atoms with van der Waals surface area (Å²) in [5, 5.41) is 4.28. The van der Waals surface area contributed by atoms with Gasteiger partial charge in [-0.25, -0.2) is 8.42 Å². The molecule has 0 unspecified atom stereocenters. The molecule has 0 aromatic heterocycles. The van der Waals surface area contributed by atoms with Crippen molar-refractivity contribution in [2.75, 3.05) is 24.1 Å². The van der Waals surface area contributed by atoms with Crippen molar-refractivity contribution in [2.24, 2.45) is 0 Å². The maximum Gasteiger partial charge on any atom is 0.265 e. The number of fused-ring (bicyclic) bond motifs is 1. The molecule has 0 spiro atoms. The number of amides is 1. The number of carbonyl (C=O) groups excluding carboxylic acids is 1. The number of anilines is 1. The van der Waals surface area contributed by atoms with Gasteiger partial charge in [-0.1, -0.05) is 36.4 Å². The van der Waals surface area contributed by atoms with Crippen LogP contribution in [-0.4, -0.2) is 34.1 Å². The fraction of sp³-hybridized carbons (Fsp3) is 0.190. The molecule has 2 heterocycles. The highest BCUT2D eigenvalue weighted by Crippen LogP contribution is 2.41. The van der Waals surface area contributed by atoms with Gasteiger partial charge in [-0.15, -0.1) is 0 Å². The number of hydrogen-bond acceptors (Lipinski definition) is 5. The number of rotatable bonds is 4. The van der Waals surface area contributed by atoms with Gasteiger partial charge in [0.2, 0.25) is 5.91 Å². The minimum absolute atomic E-state index is 0.219. The Labute approximate surface area is 167 Å². The van der Waals surface area contributed by atoms with Gasteiger partial charge in [-0.3, -0.25) is 9.10 Å². The second-order valence-corrected chi connectivity index (χ2v) is 8.69. The van der Waals surface area contributed by atoms with Crippen LogP contribution in [0.4, 0.5) is 5.69 Å². The minimum Gasteiger partial charge on any atom is -0.486 e. The monoisotopic (exact) mass is 410 g/mol. The second-order valence-electron chi connectivity index (χ2n) is 6.86. The van der Waals surface area contributed by atoms with Gasteiger partial charge in [0, 0.05) is 17.5 Å². The maximum atomic E-state index is 13.0. The molecule has 2 aliphatic heterocycles. The number of sulfonamides is 1. The summed E-state index contributed by atoms with van der Waals surface area (Å²) in [6.07, 6.45) is 0. The molecular weight excluding hydrogens is 392 g/mol. The highest BCUT2D eigenvalue weighted by Gasteiger charge is 2.36. The van der Waals surface area contributed by atoms with E-state index in [9.17, 15) is 13.2 Å². The molecule has 0 saturated carbocycles.